The van der Waals surface area contributed by atoms with Crippen LogP contribution in [0.2, 0.25) is 0 Å². The number of nitrogens with one attached hydrogen (secondary N) is 1. The number of carbonyl (C=O) groups is 1. The molecule has 10 heteroatoms. The maximum absolute atomic E-state index is 14.9. The Labute approximate surface area is 215 Å². The quantitative estimate of drug-likeness (QED) is 0.455. The molecule has 0 radical (unpaired) electrons. The maximum Gasteiger partial charge on any atom is 0.225 e. The molecule has 0 bridgehead atoms. The van der Waals surface area contributed by atoms with Gasteiger partial charge in [0.05, 0.1) is 5.92 Å². The number of aliphatic hydroxyl groups is 1. The minimum absolute atomic E-state index is 0.0771. The number of nitrogens with zero attached hydrogens (tertiary/aromatic N) is 4. The Bertz CT molecular complexity index is 1130. The number of amides is 1. The van der Waals surface area contributed by atoms with Crippen molar-refractivity contribution in [2.75, 3.05) is 24.5 Å². The Morgan fingerprint density at radius 2 is 2.17 bits per heavy atom. The van der Waals surface area contributed by atoms with E-state index in [-0.39, 0.29) is 29.3 Å². The Morgan fingerprint density at radius 1 is 1.33 bits per heavy atom. The summed E-state index contributed by atoms with van der Waals surface area (Å²) in [5, 5.41) is 30.5. The van der Waals surface area contributed by atoms with Gasteiger partial charge in [-0.1, -0.05) is 29.3 Å². The molecule has 8 nitrogen and oxygen atoms in total. The largest absolute Gasteiger partial charge is 0.508 e. The molecule has 1 aromatic heterocycles. The summed E-state index contributed by atoms with van der Waals surface area (Å²) in [6, 6.07) is 5.11. The average molecular weight is 513 g/mol. The topological polar surface area (TPSA) is 128 Å². The Kier molecular flexibility index (Phi) is 8.39. The predicted octanol–water partition coefficient (Wildman–Crippen LogP) is 3.43. The van der Waals surface area contributed by atoms with Crippen LogP contribution in [0.1, 0.15) is 31.4 Å². The van der Waals surface area contributed by atoms with Gasteiger partial charge in [-0.3, -0.25) is 4.79 Å². The van der Waals surface area contributed by atoms with Crippen molar-refractivity contribution >= 4 is 23.3 Å². The molecule has 36 heavy (non-hydrogen) atoms. The van der Waals surface area contributed by atoms with Crippen LogP contribution >= 0.6 is 11.6 Å². The molecule has 5 atom stereocenters. The molecular weight excluding hydrogens is 483 g/mol. The molecule has 0 spiro atoms. The second-order valence-electron chi connectivity index (χ2n) is 9.43. The highest BCUT2D eigenvalue weighted by Gasteiger charge is 2.44. The highest BCUT2D eigenvalue weighted by Crippen LogP contribution is 2.37. The van der Waals surface area contributed by atoms with Crippen LogP contribution in [0.5, 0.6) is 0 Å². The van der Waals surface area contributed by atoms with Crippen LogP contribution in [0.3, 0.4) is 0 Å². The fourth-order valence-corrected chi connectivity index (χ4v) is 5.21. The summed E-state index contributed by atoms with van der Waals surface area (Å²) in [4.78, 5) is 15.1. The van der Waals surface area contributed by atoms with E-state index >= 15 is 0 Å². The molecule has 0 aromatic carbocycles. The molecule has 4 N–H and O–H groups in total. The van der Waals surface area contributed by atoms with Crippen molar-refractivity contribution in [3.05, 3.63) is 64.6 Å². The highest BCUT2D eigenvalue weighted by molar-refractivity contribution is 6.29. The van der Waals surface area contributed by atoms with E-state index in [9.17, 15) is 14.3 Å². The van der Waals surface area contributed by atoms with Crippen molar-refractivity contribution in [1.82, 2.24) is 15.5 Å². The van der Waals surface area contributed by atoms with E-state index < -0.39 is 18.0 Å². The lowest BCUT2D eigenvalue weighted by Gasteiger charge is -2.28. The first-order valence-electron chi connectivity index (χ1n) is 12.2. The van der Waals surface area contributed by atoms with Crippen LogP contribution in [0, 0.1) is 29.1 Å². The minimum Gasteiger partial charge on any atom is -0.508 e. The van der Waals surface area contributed by atoms with E-state index in [4.69, 9.17) is 22.6 Å². The number of alkyl halides is 1. The molecule has 3 aliphatic rings. The zero-order valence-electron chi connectivity index (χ0n) is 19.9. The lowest BCUT2D eigenvalue weighted by molar-refractivity contribution is -0.126. The third kappa shape index (κ3) is 6.12. The number of allylic oxidation sites excluding steroid dienone is 6. The normalized spacial score (nSPS) is 26.5. The van der Waals surface area contributed by atoms with Crippen molar-refractivity contribution < 1.29 is 14.3 Å². The summed E-state index contributed by atoms with van der Waals surface area (Å²) in [5.74, 6) is -1.10. The van der Waals surface area contributed by atoms with Crippen LogP contribution < -0.4 is 16.0 Å². The standard InChI is InChI=1S/C26H30ClFN6O2/c27-17-5-3-16(4-6-17)24(30)2-1-11-31-26(36)22-15-34(25-10-7-18(13-29)32-33-25)14-21(22)20-9-8-19(35)12-23(20)28/h3,5,7-10,12,20-24,35H,1-2,4,6,11,14-15,30H2,(H,31,36)/t20?,21-,22?,23?,24-/m0/s1. The van der Waals surface area contributed by atoms with E-state index in [0.29, 0.717) is 25.5 Å². The Hall–Kier alpha value is -3.22. The van der Waals surface area contributed by atoms with Gasteiger partial charge in [0.1, 0.15) is 18.0 Å². The number of carbonyl (C=O) groups excluding carboxylic acids is 1. The Morgan fingerprint density at radius 3 is 2.83 bits per heavy atom. The summed E-state index contributed by atoms with van der Waals surface area (Å²) in [6.45, 7) is 1.22. The van der Waals surface area contributed by atoms with Gasteiger partial charge in [-0.25, -0.2) is 4.39 Å². The summed E-state index contributed by atoms with van der Waals surface area (Å²) in [6.07, 6.45) is 9.87. The zero-order chi connectivity index (χ0) is 25.7. The predicted molar refractivity (Wildman–Crippen MR) is 136 cm³/mol. The molecule has 2 aliphatic carbocycles. The lowest BCUT2D eigenvalue weighted by Crippen LogP contribution is -2.39. The lowest BCUT2D eigenvalue weighted by atomic mass is 9.79. The summed E-state index contributed by atoms with van der Waals surface area (Å²) in [7, 11) is 0. The smallest absolute Gasteiger partial charge is 0.225 e. The fraction of sp³-hybridized carbons (Fsp3) is 0.462. The van der Waals surface area contributed by atoms with Crippen LogP contribution in [0.25, 0.3) is 0 Å². The highest BCUT2D eigenvalue weighted by atomic mass is 35.5. The van der Waals surface area contributed by atoms with Crippen LogP contribution in [0.4, 0.5) is 10.2 Å². The fourth-order valence-electron chi connectivity index (χ4n) is 5.05. The monoisotopic (exact) mass is 512 g/mol. The van der Waals surface area contributed by atoms with Gasteiger partial charge in [0.25, 0.3) is 0 Å². The first-order chi connectivity index (χ1) is 17.4. The van der Waals surface area contributed by atoms with Crippen molar-refractivity contribution in [2.45, 2.75) is 37.9 Å². The summed E-state index contributed by atoms with van der Waals surface area (Å²) >= 11 is 6.02. The zero-order valence-corrected chi connectivity index (χ0v) is 20.6. The van der Waals surface area contributed by atoms with Gasteiger partial charge in [0.2, 0.25) is 5.91 Å². The number of aromatic nitrogens is 2. The SMILES string of the molecule is N#Cc1ccc(N2CC(C(=O)NCCC[C@H](N)C3=CC=C(Cl)CC3)[C@H](C3C=CC(O)=CC3F)C2)nn1. The van der Waals surface area contributed by atoms with E-state index in [1.165, 1.54) is 12.2 Å². The minimum atomic E-state index is -1.40. The van der Waals surface area contributed by atoms with Gasteiger partial charge >= 0.3 is 0 Å². The van der Waals surface area contributed by atoms with Crippen molar-refractivity contribution in [1.29, 1.82) is 5.26 Å². The third-order valence-electron chi connectivity index (χ3n) is 7.07. The molecule has 1 aliphatic heterocycles. The molecule has 2 heterocycles. The van der Waals surface area contributed by atoms with Gasteiger partial charge in [-0.05, 0) is 62.0 Å². The van der Waals surface area contributed by atoms with Gasteiger partial charge < -0.3 is 21.1 Å². The average Bonchev–Trinajstić information content (AvgIpc) is 3.32. The third-order valence-corrected chi connectivity index (χ3v) is 7.39. The first kappa shape index (κ1) is 25.9. The van der Waals surface area contributed by atoms with Gasteiger partial charge in [-0.2, -0.15) is 5.26 Å². The molecule has 190 valence electrons. The maximum atomic E-state index is 14.9. The van der Waals surface area contributed by atoms with Crippen molar-refractivity contribution in [3.8, 4) is 6.07 Å². The van der Waals surface area contributed by atoms with E-state index in [1.807, 2.05) is 23.1 Å². The molecular formula is C26H30ClFN6O2. The van der Waals surface area contributed by atoms with E-state index in [2.05, 4.69) is 15.5 Å². The van der Waals surface area contributed by atoms with Gasteiger partial charge in [-0.15, -0.1) is 10.2 Å². The second kappa shape index (κ2) is 11.7. The Balaban J connectivity index is 1.39. The molecule has 3 unspecified atom stereocenters. The molecule has 1 fully saturated rings. The van der Waals surface area contributed by atoms with Gasteiger partial charge in [0, 0.05) is 36.6 Å². The number of anilines is 1. The number of nitrogens with two attached hydrogens (primary N) is 1. The van der Waals surface area contributed by atoms with Gasteiger partial charge in [0.15, 0.2) is 11.5 Å². The number of rotatable bonds is 8. The van der Waals surface area contributed by atoms with E-state index in [1.54, 1.807) is 18.2 Å². The molecule has 0 saturated carbocycles. The second-order valence-corrected chi connectivity index (χ2v) is 9.92. The van der Waals surface area contributed by atoms with Crippen LogP contribution in [-0.4, -0.2) is 53.1 Å². The number of hydrogen-bond acceptors (Lipinski definition) is 7. The molecule has 4 rings (SSSR count). The van der Waals surface area contributed by atoms with Crippen molar-refractivity contribution in [3.63, 3.8) is 0 Å². The van der Waals surface area contributed by atoms with Crippen molar-refractivity contribution in [2.24, 2.45) is 23.5 Å². The number of hydrogen-bond donors (Lipinski definition) is 3. The molecule has 1 saturated heterocycles. The first-order valence-corrected chi connectivity index (χ1v) is 12.5. The number of aliphatic hydroxyl groups excluding tert-OH is 1. The van der Waals surface area contributed by atoms with Crippen LogP contribution in [0.15, 0.2) is 58.9 Å². The summed E-state index contributed by atoms with van der Waals surface area (Å²) < 4.78 is 14.9. The van der Waals surface area contributed by atoms with Crippen LogP contribution in [-0.2, 0) is 4.79 Å². The summed E-state index contributed by atoms with van der Waals surface area (Å²) in [5.41, 5.74) is 7.68. The molecule has 1 aromatic rings. The number of halogens is 2. The van der Waals surface area contributed by atoms with E-state index in [0.717, 1.165) is 36.3 Å². The number of nitriles is 1. The molecule has 1 amide bonds.